The zero-order valence-electron chi connectivity index (χ0n) is 20.0. The van der Waals surface area contributed by atoms with E-state index >= 15 is 0 Å². The van der Waals surface area contributed by atoms with Crippen LogP contribution < -0.4 is 11.2 Å². The number of nitrogens with zero attached hydrogens (tertiary/aromatic N) is 4. The number of nitrogen functional groups attached to an aromatic ring is 1. The molecule has 0 aliphatic heterocycles. The lowest BCUT2D eigenvalue weighted by Crippen LogP contribution is -2.16. The van der Waals surface area contributed by atoms with Crippen molar-refractivity contribution < 1.29 is 19.0 Å². The second-order valence-electron chi connectivity index (χ2n) is 8.81. The van der Waals surface area contributed by atoms with Crippen molar-refractivity contribution in [3.05, 3.63) is 94.9 Å². The average Bonchev–Trinajstić information content (AvgIpc) is 3.31. The Balaban J connectivity index is 1.64. The molecule has 0 radical (unpaired) electrons. The average molecular weight is 509 g/mol. The Morgan fingerprint density at radius 1 is 0.974 bits per heavy atom. The van der Waals surface area contributed by atoms with Gasteiger partial charge < -0.3 is 20.4 Å². The zero-order chi connectivity index (χ0) is 26.6. The third-order valence-corrected chi connectivity index (χ3v) is 6.45. The van der Waals surface area contributed by atoms with Crippen molar-refractivity contribution in [3.63, 3.8) is 0 Å². The van der Waals surface area contributed by atoms with Gasteiger partial charge in [0.25, 0.3) is 0 Å². The normalized spacial score (nSPS) is 12.3. The standard InChI is InChI=1S/C28H20FN5O4/c1-14(26-22(15-5-4-6-17(29)11-15)25(37)18-7-2-3-8-21(18)38-26)34-28-23(27(30)31-13-32-28)24(33-34)16-9-10-19(35)20(36)12-16/h2-14,35-36H,1H3,(H2,30,31,32). The number of benzene rings is 3. The quantitative estimate of drug-likeness (QED) is 0.282. The Kier molecular flexibility index (Phi) is 5.30. The Morgan fingerprint density at radius 2 is 1.79 bits per heavy atom. The molecule has 3 aromatic heterocycles. The molecule has 38 heavy (non-hydrogen) atoms. The van der Waals surface area contributed by atoms with Gasteiger partial charge in [0, 0.05) is 5.56 Å². The largest absolute Gasteiger partial charge is 0.504 e. The first-order chi connectivity index (χ1) is 18.3. The van der Waals surface area contributed by atoms with Gasteiger partial charge in [0.05, 0.1) is 16.3 Å². The van der Waals surface area contributed by atoms with Crippen LogP contribution in [0.25, 0.3) is 44.4 Å². The van der Waals surface area contributed by atoms with Crippen LogP contribution in [0, 0.1) is 5.82 Å². The maximum Gasteiger partial charge on any atom is 0.200 e. The van der Waals surface area contributed by atoms with Crippen molar-refractivity contribution >= 4 is 27.8 Å². The van der Waals surface area contributed by atoms with Crippen LogP contribution in [0.2, 0.25) is 0 Å². The Morgan fingerprint density at radius 3 is 2.58 bits per heavy atom. The van der Waals surface area contributed by atoms with Gasteiger partial charge in [-0.2, -0.15) is 5.10 Å². The van der Waals surface area contributed by atoms with Crippen LogP contribution >= 0.6 is 0 Å². The number of halogens is 1. The van der Waals surface area contributed by atoms with Gasteiger partial charge in [0.1, 0.15) is 41.0 Å². The fraction of sp³-hybridized carbons (Fsp3) is 0.0714. The van der Waals surface area contributed by atoms with E-state index < -0.39 is 11.9 Å². The van der Waals surface area contributed by atoms with Crippen molar-refractivity contribution in [2.24, 2.45) is 0 Å². The number of nitrogens with two attached hydrogens (primary N) is 1. The van der Waals surface area contributed by atoms with Gasteiger partial charge >= 0.3 is 0 Å². The van der Waals surface area contributed by atoms with E-state index in [1.807, 2.05) is 0 Å². The molecule has 3 aromatic carbocycles. The predicted octanol–water partition coefficient (Wildman–Crippen LogP) is 5.01. The van der Waals surface area contributed by atoms with Crippen molar-refractivity contribution in [3.8, 4) is 33.9 Å². The van der Waals surface area contributed by atoms with E-state index in [2.05, 4.69) is 9.97 Å². The highest BCUT2D eigenvalue weighted by Gasteiger charge is 2.27. The molecule has 3 heterocycles. The van der Waals surface area contributed by atoms with Gasteiger partial charge in [-0.05, 0) is 55.0 Å². The van der Waals surface area contributed by atoms with Crippen LogP contribution in [0.5, 0.6) is 11.5 Å². The molecule has 10 heteroatoms. The maximum atomic E-state index is 14.2. The summed E-state index contributed by atoms with van der Waals surface area (Å²) < 4.78 is 22.1. The summed E-state index contributed by atoms with van der Waals surface area (Å²) in [6.07, 6.45) is 1.30. The maximum absolute atomic E-state index is 14.2. The topological polar surface area (TPSA) is 140 Å². The van der Waals surface area contributed by atoms with Crippen molar-refractivity contribution in [2.45, 2.75) is 13.0 Å². The summed E-state index contributed by atoms with van der Waals surface area (Å²) in [7, 11) is 0. The Labute approximate surface area is 214 Å². The lowest BCUT2D eigenvalue weighted by atomic mass is 9.99. The zero-order valence-corrected chi connectivity index (χ0v) is 20.0. The molecular formula is C28H20FN5O4. The minimum absolute atomic E-state index is 0.154. The number of rotatable bonds is 4. The lowest BCUT2D eigenvalue weighted by molar-refractivity contribution is 0.404. The smallest absolute Gasteiger partial charge is 0.200 e. The third-order valence-electron chi connectivity index (χ3n) is 6.45. The molecule has 0 aliphatic carbocycles. The van der Waals surface area contributed by atoms with E-state index in [-0.39, 0.29) is 34.1 Å². The number of para-hydroxylation sites is 1. The predicted molar refractivity (Wildman–Crippen MR) is 140 cm³/mol. The van der Waals surface area contributed by atoms with Crippen LogP contribution in [-0.4, -0.2) is 30.0 Å². The third kappa shape index (κ3) is 3.62. The van der Waals surface area contributed by atoms with E-state index in [0.29, 0.717) is 38.8 Å². The van der Waals surface area contributed by atoms with Crippen molar-refractivity contribution in [1.82, 2.24) is 19.7 Å². The first-order valence-corrected chi connectivity index (χ1v) is 11.7. The molecule has 6 aromatic rings. The molecule has 4 N–H and O–H groups in total. The summed E-state index contributed by atoms with van der Waals surface area (Å²) >= 11 is 0. The summed E-state index contributed by atoms with van der Waals surface area (Å²) in [5.74, 6) is -0.703. The number of phenols is 2. The van der Waals surface area contributed by atoms with Crippen LogP contribution in [0.4, 0.5) is 10.2 Å². The number of hydrogen-bond donors (Lipinski definition) is 3. The van der Waals surface area contributed by atoms with Crippen LogP contribution in [0.15, 0.2) is 82.3 Å². The second-order valence-corrected chi connectivity index (χ2v) is 8.81. The molecule has 1 unspecified atom stereocenters. The first-order valence-electron chi connectivity index (χ1n) is 11.7. The summed E-state index contributed by atoms with van der Waals surface area (Å²) in [5, 5.41) is 25.4. The SMILES string of the molecule is CC(c1oc2ccccc2c(=O)c1-c1cccc(F)c1)n1nc(-c2ccc(O)c(O)c2)c2c(N)ncnc21. The lowest BCUT2D eigenvalue weighted by Gasteiger charge is -2.17. The molecule has 0 bridgehead atoms. The molecule has 9 nitrogen and oxygen atoms in total. The number of fused-ring (bicyclic) bond motifs is 2. The highest BCUT2D eigenvalue weighted by atomic mass is 19.1. The number of aromatic hydroxyl groups is 2. The van der Waals surface area contributed by atoms with E-state index in [1.165, 1.54) is 36.7 Å². The van der Waals surface area contributed by atoms with E-state index in [0.717, 1.165) is 0 Å². The minimum Gasteiger partial charge on any atom is -0.504 e. The summed E-state index contributed by atoms with van der Waals surface area (Å²) in [4.78, 5) is 22.2. The van der Waals surface area contributed by atoms with Crippen molar-refractivity contribution in [2.75, 3.05) is 5.73 Å². The molecule has 188 valence electrons. The van der Waals surface area contributed by atoms with Gasteiger partial charge in [0.2, 0.25) is 5.43 Å². The van der Waals surface area contributed by atoms with Gasteiger partial charge in [-0.1, -0.05) is 24.3 Å². The second kappa shape index (κ2) is 8.70. The van der Waals surface area contributed by atoms with E-state index in [9.17, 15) is 19.4 Å². The highest BCUT2D eigenvalue weighted by molar-refractivity contribution is 5.98. The van der Waals surface area contributed by atoms with Gasteiger partial charge in [-0.3, -0.25) is 4.79 Å². The monoisotopic (exact) mass is 509 g/mol. The van der Waals surface area contributed by atoms with Gasteiger partial charge in [-0.15, -0.1) is 0 Å². The van der Waals surface area contributed by atoms with Crippen molar-refractivity contribution in [1.29, 1.82) is 0 Å². The Hall–Kier alpha value is -5.25. The molecular weight excluding hydrogens is 489 g/mol. The first kappa shape index (κ1) is 23.2. The van der Waals surface area contributed by atoms with E-state index in [4.69, 9.17) is 15.2 Å². The summed E-state index contributed by atoms with van der Waals surface area (Å²) in [6.45, 7) is 1.78. The fourth-order valence-corrected chi connectivity index (χ4v) is 4.62. The summed E-state index contributed by atoms with van der Waals surface area (Å²) in [6, 6.07) is 16.2. The number of aromatic nitrogens is 4. The highest BCUT2D eigenvalue weighted by Crippen LogP contribution is 2.38. The number of phenolic OH excluding ortho intramolecular Hbond substituents is 2. The molecule has 0 amide bonds. The Bertz CT molecular complexity index is 1930. The molecule has 6 rings (SSSR count). The molecule has 0 saturated heterocycles. The fourth-order valence-electron chi connectivity index (χ4n) is 4.62. The molecule has 0 fully saturated rings. The van der Waals surface area contributed by atoms with Crippen LogP contribution in [0.1, 0.15) is 18.7 Å². The molecule has 0 saturated carbocycles. The number of anilines is 1. The van der Waals surface area contributed by atoms with E-state index in [1.54, 1.807) is 48.0 Å². The van der Waals surface area contributed by atoms with Gasteiger partial charge in [-0.25, -0.2) is 19.0 Å². The molecule has 0 spiro atoms. The van der Waals surface area contributed by atoms with Crippen LogP contribution in [0.3, 0.4) is 0 Å². The van der Waals surface area contributed by atoms with Gasteiger partial charge in [0.15, 0.2) is 17.1 Å². The summed E-state index contributed by atoms with van der Waals surface area (Å²) in [5.41, 5.74) is 8.01. The molecule has 0 aliphatic rings. The molecule has 1 atom stereocenters. The van der Waals surface area contributed by atoms with Crippen LogP contribution in [-0.2, 0) is 0 Å². The minimum atomic E-state index is -0.707. The number of hydrogen-bond acceptors (Lipinski definition) is 8.